The molecule has 1 heterocycles. The Kier molecular flexibility index (Phi) is 4.52. The van der Waals surface area contributed by atoms with Crippen LogP contribution in [0.2, 0.25) is 10.0 Å². The minimum Gasteiger partial charge on any atom is -0.494 e. The van der Waals surface area contributed by atoms with Crippen molar-refractivity contribution >= 4 is 29.1 Å². The third-order valence-corrected chi connectivity index (χ3v) is 3.17. The van der Waals surface area contributed by atoms with Crippen molar-refractivity contribution in [3.8, 4) is 5.75 Å². The molecule has 0 aliphatic rings. The van der Waals surface area contributed by atoms with Crippen molar-refractivity contribution < 1.29 is 13.9 Å². The molecule has 0 fully saturated rings. The Balaban J connectivity index is 2.19. The normalized spacial score (nSPS) is 10.4. The quantitative estimate of drug-likeness (QED) is 0.941. The Morgan fingerprint density at radius 1 is 1.40 bits per heavy atom. The Labute approximate surface area is 125 Å². The Morgan fingerprint density at radius 2 is 2.10 bits per heavy atom. The summed E-state index contributed by atoms with van der Waals surface area (Å²) >= 11 is 12.0. The molecule has 106 valence electrons. The van der Waals surface area contributed by atoms with Crippen molar-refractivity contribution in [1.29, 1.82) is 0 Å². The smallest absolute Gasteiger partial charge is 0.257 e. The summed E-state index contributed by atoms with van der Waals surface area (Å²) in [5.41, 5.74) is 0.185. The molecule has 5 nitrogen and oxygen atoms in total. The molecule has 2 aromatic rings. The molecule has 0 aliphatic heterocycles. The molecule has 0 radical (unpaired) electrons. The van der Waals surface area contributed by atoms with Gasteiger partial charge in [0.25, 0.3) is 5.91 Å². The minimum atomic E-state index is -0.412. The SMILES string of the molecule is COc1c(Cl)ccc(Cl)c1C(=O)NCc1ncc(C)o1. The first-order valence-corrected chi connectivity index (χ1v) is 6.50. The van der Waals surface area contributed by atoms with Gasteiger partial charge in [0.2, 0.25) is 5.89 Å². The zero-order valence-corrected chi connectivity index (χ0v) is 12.4. The van der Waals surface area contributed by atoms with Crippen molar-refractivity contribution in [3.63, 3.8) is 0 Å². The molecule has 0 bridgehead atoms. The van der Waals surface area contributed by atoms with Gasteiger partial charge in [-0.05, 0) is 19.1 Å². The van der Waals surface area contributed by atoms with E-state index >= 15 is 0 Å². The van der Waals surface area contributed by atoms with Gasteiger partial charge in [0.05, 0.1) is 29.9 Å². The molecule has 1 aromatic heterocycles. The van der Waals surface area contributed by atoms with Crippen LogP contribution in [0.25, 0.3) is 0 Å². The topological polar surface area (TPSA) is 64.4 Å². The van der Waals surface area contributed by atoms with Crippen molar-refractivity contribution in [2.24, 2.45) is 0 Å². The third-order valence-electron chi connectivity index (χ3n) is 2.56. The summed E-state index contributed by atoms with van der Waals surface area (Å²) in [5, 5.41) is 3.22. The van der Waals surface area contributed by atoms with E-state index in [-0.39, 0.29) is 22.9 Å². The average Bonchev–Trinajstić information content (AvgIpc) is 2.84. The third kappa shape index (κ3) is 3.05. The van der Waals surface area contributed by atoms with E-state index in [2.05, 4.69) is 10.3 Å². The van der Waals surface area contributed by atoms with Crippen LogP contribution in [0.15, 0.2) is 22.7 Å². The summed E-state index contributed by atoms with van der Waals surface area (Å²) < 4.78 is 10.4. The van der Waals surface area contributed by atoms with Gasteiger partial charge in [-0.25, -0.2) is 4.98 Å². The lowest BCUT2D eigenvalue weighted by atomic mass is 10.2. The van der Waals surface area contributed by atoms with Crippen molar-refractivity contribution in [2.45, 2.75) is 13.5 Å². The fraction of sp³-hybridized carbons (Fsp3) is 0.231. The highest BCUT2D eigenvalue weighted by atomic mass is 35.5. The molecule has 0 saturated carbocycles. The summed E-state index contributed by atoms with van der Waals surface area (Å²) in [7, 11) is 1.42. The Morgan fingerprint density at radius 3 is 2.70 bits per heavy atom. The van der Waals surface area contributed by atoms with E-state index in [0.29, 0.717) is 16.7 Å². The van der Waals surface area contributed by atoms with Crippen molar-refractivity contribution in [3.05, 3.63) is 45.6 Å². The number of hydrogen-bond acceptors (Lipinski definition) is 4. The number of carbonyl (C=O) groups excluding carboxylic acids is 1. The van der Waals surface area contributed by atoms with Gasteiger partial charge in [0.15, 0.2) is 5.75 Å². The molecule has 1 aromatic carbocycles. The molecular weight excluding hydrogens is 303 g/mol. The predicted octanol–water partition coefficient (Wildman–Crippen LogP) is 3.23. The first-order valence-electron chi connectivity index (χ1n) is 5.74. The van der Waals surface area contributed by atoms with E-state index in [4.69, 9.17) is 32.4 Å². The van der Waals surface area contributed by atoms with Gasteiger partial charge in [-0.3, -0.25) is 4.79 Å². The first kappa shape index (κ1) is 14.7. The molecule has 0 unspecified atom stereocenters. The van der Waals surface area contributed by atoms with Gasteiger partial charge in [-0.1, -0.05) is 23.2 Å². The number of benzene rings is 1. The molecule has 20 heavy (non-hydrogen) atoms. The number of halogens is 2. The van der Waals surface area contributed by atoms with Gasteiger partial charge < -0.3 is 14.5 Å². The largest absolute Gasteiger partial charge is 0.494 e. The molecule has 0 spiro atoms. The molecule has 1 amide bonds. The van der Waals surface area contributed by atoms with Crippen LogP contribution in [-0.2, 0) is 6.54 Å². The highest BCUT2D eigenvalue weighted by Gasteiger charge is 2.19. The van der Waals surface area contributed by atoms with E-state index in [0.717, 1.165) is 0 Å². The maximum absolute atomic E-state index is 12.2. The number of methoxy groups -OCH3 is 1. The lowest BCUT2D eigenvalue weighted by molar-refractivity contribution is 0.0944. The molecule has 0 aliphatic carbocycles. The second-order valence-electron chi connectivity index (χ2n) is 3.98. The number of nitrogens with zero attached hydrogens (tertiary/aromatic N) is 1. The van der Waals surface area contributed by atoms with Gasteiger partial charge in [-0.2, -0.15) is 0 Å². The molecule has 1 N–H and O–H groups in total. The van der Waals surface area contributed by atoms with Crippen LogP contribution >= 0.6 is 23.2 Å². The monoisotopic (exact) mass is 314 g/mol. The average molecular weight is 315 g/mol. The zero-order valence-electron chi connectivity index (χ0n) is 10.9. The summed E-state index contributed by atoms with van der Waals surface area (Å²) in [4.78, 5) is 16.2. The van der Waals surface area contributed by atoms with Crippen molar-refractivity contribution in [1.82, 2.24) is 10.3 Å². The lowest BCUT2D eigenvalue weighted by Gasteiger charge is -2.11. The molecule has 2 rings (SSSR count). The predicted molar refractivity (Wildman–Crippen MR) is 75.4 cm³/mol. The number of aromatic nitrogens is 1. The highest BCUT2D eigenvalue weighted by Crippen LogP contribution is 2.33. The number of amides is 1. The number of oxazole rings is 1. The van der Waals surface area contributed by atoms with Gasteiger partial charge in [-0.15, -0.1) is 0 Å². The number of aryl methyl sites for hydroxylation is 1. The van der Waals surface area contributed by atoms with Crippen LogP contribution in [0.4, 0.5) is 0 Å². The van der Waals surface area contributed by atoms with Gasteiger partial charge in [0.1, 0.15) is 11.3 Å². The van der Waals surface area contributed by atoms with Crippen LogP contribution in [0.3, 0.4) is 0 Å². The Bertz CT molecular complexity index is 641. The van der Waals surface area contributed by atoms with E-state index in [9.17, 15) is 4.79 Å². The second-order valence-corrected chi connectivity index (χ2v) is 4.80. The number of hydrogen-bond donors (Lipinski definition) is 1. The van der Waals surface area contributed by atoms with Crippen LogP contribution in [0, 0.1) is 6.92 Å². The number of carbonyl (C=O) groups is 1. The standard InChI is InChI=1S/C13H12Cl2N2O3/c1-7-5-16-10(20-7)6-17-13(18)11-8(14)3-4-9(15)12(11)19-2/h3-5H,6H2,1-2H3,(H,17,18). The van der Waals surface area contributed by atoms with Crippen LogP contribution in [0.1, 0.15) is 22.0 Å². The maximum atomic E-state index is 12.2. The van der Waals surface area contributed by atoms with Gasteiger partial charge >= 0.3 is 0 Å². The highest BCUT2D eigenvalue weighted by molar-refractivity contribution is 6.37. The first-order chi connectivity index (χ1) is 9.52. The Hall–Kier alpha value is -1.72. The zero-order chi connectivity index (χ0) is 14.7. The fourth-order valence-corrected chi connectivity index (χ4v) is 2.14. The minimum absolute atomic E-state index is 0.151. The number of ether oxygens (including phenoxy) is 1. The van der Waals surface area contributed by atoms with Crippen molar-refractivity contribution in [2.75, 3.05) is 7.11 Å². The molecule has 0 saturated heterocycles. The molecule has 7 heteroatoms. The van der Waals surface area contributed by atoms with E-state index in [1.807, 2.05) is 0 Å². The fourth-order valence-electron chi connectivity index (χ4n) is 1.67. The number of rotatable bonds is 4. The summed E-state index contributed by atoms with van der Waals surface area (Å²) in [6.45, 7) is 1.92. The molecular formula is C13H12Cl2N2O3. The van der Waals surface area contributed by atoms with E-state index in [1.54, 1.807) is 19.2 Å². The summed E-state index contributed by atoms with van der Waals surface area (Å²) in [6, 6.07) is 3.10. The summed E-state index contributed by atoms with van der Waals surface area (Å²) in [5.74, 6) is 0.908. The maximum Gasteiger partial charge on any atom is 0.257 e. The second kappa shape index (κ2) is 6.15. The van der Waals surface area contributed by atoms with E-state index in [1.165, 1.54) is 13.2 Å². The van der Waals surface area contributed by atoms with Crippen LogP contribution in [-0.4, -0.2) is 18.0 Å². The van der Waals surface area contributed by atoms with Crippen LogP contribution < -0.4 is 10.1 Å². The molecule has 0 atom stereocenters. The summed E-state index contributed by atoms with van der Waals surface area (Å²) in [6.07, 6.45) is 1.58. The van der Waals surface area contributed by atoms with Crippen LogP contribution in [0.5, 0.6) is 5.75 Å². The van der Waals surface area contributed by atoms with Gasteiger partial charge in [0, 0.05) is 0 Å². The van der Waals surface area contributed by atoms with E-state index < -0.39 is 5.91 Å². The number of nitrogens with one attached hydrogen (secondary N) is 1. The lowest BCUT2D eigenvalue weighted by Crippen LogP contribution is -2.24.